The smallest absolute Gasteiger partial charge is 0.345 e. The molecule has 0 aliphatic heterocycles. The molecule has 0 bridgehead atoms. The molecule has 2 rings (SSSR count). The molecule has 6 heteroatoms. The summed E-state index contributed by atoms with van der Waals surface area (Å²) in [5.41, 5.74) is -0.864. The maximum atomic E-state index is 12.8. The number of hydrogen-bond acceptors (Lipinski definition) is 2. The zero-order valence-corrected chi connectivity index (χ0v) is 14.1. The molecule has 0 radical (unpaired) electrons. The fourth-order valence-electron chi connectivity index (χ4n) is 1.99. The Morgan fingerprint density at radius 3 is 2.44 bits per heavy atom. The molecule has 0 spiro atoms. The van der Waals surface area contributed by atoms with Gasteiger partial charge in [-0.05, 0) is 24.3 Å². The van der Waals surface area contributed by atoms with E-state index in [0.717, 1.165) is 11.0 Å². The van der Waals surface area contributed by atoms with Crippen molar-refractivity contribution in [1.29, 1.82) is 0 Å². The van der Waals surface area contributed by atoms with Gasteiger partial charge in [-0.3, -0.25) is 4.79 Å². The summed E-state index contributed by atoms with van der Waals surface area (Å²) in [6, 6.07) is 14.8. The summed E-state index contributed by atoms with van der Waals surface area (Å²) in [5, 5.41) is 2.59. The van der Waals surface area contributed by atoms with Gasteiger partial charge in [0.1, 0.15) is 0 Å². The highest BCUT2D eigenvalue weighted by Crippen LogP contribution is 2.31. The Labute approximate surface area is 148 Å². The van der Waals surface area contributed by atoms with Crippen molar-refractivity contribution in [1.82, 2.24) is 5.32 Å². The topological polar surface area (TPSA) is 29.1 Å². The first-order valence-electron chi connectivity index (χ1n) is 7.56. The van der Waals surface area contributed by atoms with Gasteiger partial charge in [0.05, 0.1) is 12.1 Å². The average molecular weight is 363 g/mol. The predicted octanol–water partition coefficient (Wildman–Crippen LogP) is 4.36. The first-order chi connectivity index (χ1) is 12.0. The number of rotatable bonds is 5. The number of amides is 1. The molecule has 0 atom stereocenters. The van der Waals surface area contributed by atoms with E-state index < -0.39 is 11.7 Å². The van der Waals surface area contributed by atoms with E-state index in [9.17, 15) is 18.0 Å². The number of halogens is 3. The van der Waals surface area contributed by atoms with E-state index >= 15 is 0 Å². The Morgan fingerprint density at radius 2 is 1.72 bits per heavy atom. The van der Waals surface area contributed by atoms with Gasteiger partial charge in [-0.25, -0.2) is 0 Å². The van der Waals surface area contributed by atoms with E-state index in [4.69, 9.17) is 0 Å². The van der Waals surface area contributed by atoms with E-state index in [1.807, 2.05) is 30.3 Å². The molecule has 0 fully saturated rings. The van der Waals surface area contributed by atoms with Crippen molar-refractivity contribution in [3.63, 3.8) is 0 Å². The van der Waals surface area contributed by atoms with Gasteiger partial charge in [-0.15, -0.1) is 11.8 Å². The Bertz CT molecular complexity index is 763. The van der Waals surface area contributed by atoms with Gasteiger partial charge in [0.25, 0.3) is 0 Å². The minimum atomic E-state index is -4.44. The minimum absolute atomic E-state index is 0.0149. The van der Waals surface area contributed by atoms with E-state index in [2.05, 4.69) is 17.2 Å². The molecule has 0 aromatic heterocycles. The fourth-order valence-corrected chi connectivity index (χ4v) is 2.86. The van der Waals surface area contributed by atoms with Crippen LogP contribution in [0.3, 0.4) is 0 Å². The van der Waals surface area contributed by atoms with Gasteiger partial charge < -0.3 is 5.32 Å². The quantitative estimate of drug-likeness (QED) is 0.632. The maximum Gasteiger partial charge on any atom is 0.417 e. The zero-order chi connectivity index (χ0) is 18.1. The molecule has 1 amide bonds. The molecule has 25 heavy (non-hydrogen) atoms. The van der Waals surface area contributed by atoms with E-state index in [1.54, 1.807) is 11.8 Å². The third kappa shape index (κ3) is 6.55. The molecule has 0 heterocycles. The summed E-state index contributed by atoms with van der Waals surface area (Å²) in [6.45, 7) is 0.0149. The molecule has 0 aliphatic carbocycles. The molecule has 0 saturated heterocycles. The van der Waals surface area contributed by atoms with Crippen LogP contribution < -0.4 is 5.32 Å². The highest BCUT2D eigenvalue weighted by Gasteiger charge is 2.32. The number of carbonyl (C=O) groups excluding carboxylic acids is 1. The van der Waals surface area contributed by atoms with Crippen molar-refractivity contribution in [3.05, 3.63) is 65.7 Å². The van der Waals surface area contributed by atoms with Crippen LogP contribution in [0.5, 0.6) is 0 Å². The average Bonchev–Trinajstić information content (AvgIpc) is 2.59. The lowest BCUT2D eigenvalue weighted by molar-refractivity contribution is -0.137. The fraction of sp³-hybridized carbons (Fsp3) is 0.211. The van der Waals surface area contributed by atoms with Crippen LogP contribution >= 0.6 is 11.8 Å². The van der Waals surface area contributed by atoms with Crippen molar-refractivity contribution in [2.75, 3.05) is 12.3 Å². The van der Waals surface area contributed by atoms with Crippen molar-refractivity contribution < 1.29 is 18.0 Å². The SMILES string of the molecule is O=C(CCSc1ccccc1)NCC#Cc1ccccc1C(F)(F)F. The summed E-state index contributed by atoms with van der Waals surface area (Å²) in [6.07, 6.45) is -4.12. The summed E-state index contributed by atoms with van der Waals surface area (Å²) in [5.74, 6) is 5.48. The van der Waals surface area contributed by atoms with Gasteiger partial charge in [0.15, 0.2) is 0 Å². The van der Waals surface area contributed by atoms with Crippen LogP contribution in [0.15, 0.2) is 59.5 Å². The second-order valence-electron chi connectivity index (χ2n) is 5.03. The number of benzene rings is 2. The second kappa shape index (κ2) is 9.19. The van der Waals surface area contributed by atoms with E-state index in [-0.39, 0.29) is 18.0 Å². The molecular formula is C19H16F3NOS. The van der Waals surface area contributed by atoms with Crippen LogP contribution in [0.25, 0.3) is 0 Å². The lowest BCUT2D eigenvalue weighted by Crippen LogP contribution is -2.23. The van der Waals surface area contributed by atoms with Crippen LogP contribution in [0, 0.1) is 11.8 Å². The normalized spacial score (nSPS) is 10.7. The van der Waals surface area contributed by atoms with Crippen molar-refractivity contribution >= 4 is 17.7 Å². The Morgan fingerprint density at radius 1 is 1.04 bits per heavy atom. The van der Waals surface area contributed by atoms with Crippen LogP contribution in [-0.2, 0) is 11.0 Å². The number of alkyl halides is 3. The molecular weight excluding hydrogens is 347 g/mol. The summed E-state index contributed by atoms with van der Waals surface area (Å²) in [4.78, 5) is 12.8. The predicted molar refractivity (Wildman–Crippen MR) is 93.1 cm³/mol. The maximum absolute atomic E-state index is 12.8. The second-order valence-corrected chi connectivity index (χ2v) is 6.20. The third-order valence-corrected chi connectivity index (χ3v) is 4.18. The van der Waals surface area contributed by atoms with E-state index in [0.29, 0.717) is 12.2 Å². The van der Waals surface area contributed by atoms with Crippen molar-refractivity contribution in [2.45, 2.75) is 17.5 Å². The number of thioether (sulfide) groups is 1. The van der Waals surface area contributed by atoms with Gasteiger partial charge in [-0.1, -0.05) is 42.2 Å². The van der Waals surface area contributed by atoms with Gasteiger partial charge in [-0.2, -0.15) is 13.2 Å². The Kier molecular flexibility index (Phi) is 6.96. The lowest BCUT2D eigenvalue weighted by atomic mass is 10.1. The first-order valence-corrected chi connectivity index (χ1v) is 8.55. The highest BCUT2D eigenvalue weighted by molar-refractivity contribution is 7.99. The molecule has 0 aliphatic rings. The molecule has 2 nitrogen and oxygen atoms in total. The third-order valence-electron chi connectivity index (χ3n) is 3.17. The zero-order valence-electron chi connectivity index (χ0n) is 13.3. The minimum Gasteiger partial charge on any atom is -0.345 e. The standard InChI is InChI=1S/C19H16F3NOS/c20-19(21,22)17-11-5-4-7-15(17)8-6-13-23-18(24)12-14-25-16-9-2-1-3-10-16/h1-5,7,9-11H,12-14H2,(H,23,24). The molecule has 1 N–H and O–H groups in total. The number of carbonyl (C=O) groups is 1. The summed E-state index contributed by atoms with van der Waals surface area (Å²) >= 11 is 1.57. The molecule has 0 saturated carbocycles. The molecule has 0 unspecified atom stereocenters. The number of nitrogens with one attached hydrogen (secondary N) is 1. The van der Waals surface area contributed by atoms with Crippen LogP contribution in [0.1, 0.15) is 17.5 Å². The lowest BCUT2D eigenvalue weighted by Gasteiger charge is -2.08. The summed E-state index contributed by atoms with van der Waals surface area (Å²) in [7, 11) is 0. The Balaban J connectivity index is 1.78. The van der Waals surface area contributed by atoms with E-state index in [1.165, 1.54) is 18.2 Å². The van der Waals surface area contributed by atoms with Crippen molar-refractivity contribution in [3.8, 4) is 11.8 Å². The number of hydrogen-bond donors (Lipinski definition) is 1. The van der Waals surface area contributed by atoms with Crippen LogP contribution in [-0.4, -0.2) is 18.2 Å². The molecule has 130 valence electrons. The monoisotopic (exact) mass is 363 g/mol. The first kappa shape index (κ1) is 18.9. The van der Waals surface area contributed by atoms with Crippen molar-refractivity contribution in [2.24, 2.45) is 0 Å². The van der Waals surface area contributed by atoms with Crippen LogP contribution in [0.4, 0.5) is 13.2 Å². The van der Waals surface area contributed by atoms with Crippen LogP contribution in [0.2, 0.25) is 0 Å². The highest BCUT2D eigenvalue weighted by atomic mass is 32.2. The molecule has 2 aromatic carbocycles. The largest absolute Gasteiger partial charge is 0.417 e. The van der Waals surface area contributed by atoms with Gasteiger partial charge in [0.2, 0.25) is 5.91 Å². The Hall–Kier alpha value is -2.39. The molecule has 2 aromatic rings. The van der Waals surface area contributed by atoms with Gasteiger partial charge in [0, 0.05) is 22.6 Å². The summed E-state index contributed by atoms with van der Waals surface area (Å²) < 4.78 is 38.5. The van der Waals surface area contributed by atoms with Gasteiger partial charge >= 0.3 is 6.18 Å².